The zero-order chi connectivity index (χ0) is 21.9. The monoisotopic (exact) mass is 415 g/mol. The highest BCUT2D eigenvalue weighted by Crippen LogP contribution is 2.75. The van der Waals surface area contributed by atoms with E-state index in [2.05, 4.69) is 5.32 Å². The van der Waals surface area contributed by atoms with Crippen molar-refractivity contribution in [1.29, 1.82) is 0 Å². The summed E-state index contributed by atoms with van der Waals surface area (Å²) < 4.78 is 0. The predicted octanol–water partition coefficient (Wildman–Crippen LogP) is -1.15. The number of fused-ring (bicyclic) bond motifs is 1. The van der Waals surface area contributed by atoms with Crippen molar-refractivity contribution in [1.82, 2.24) is 5.32 Å². The lowest BCUT2D eigenvalue weighted by molar-refractivity contribution is -0.459. The highest BCUT2D eigenvalue weighted by Gasteiger charge is 2.93. The van der Waals surface area contributed by atoms with Gasteiger partial charge in [-0.15, -0.1) is 0 Å². The van der Waals surface area contributed by atoms with Crippen LogP contribution < -0.4 is 5.32 Å². The van der Waals surface area contributed by atoms with E-state index in [1.807, 2.05) is 0 Å². The number of nitrogens with one attached hydrogen (secondary N) is 1. The Morgan fingerprint density at radius 3 is 2.17 bits per heavy atom. The number of aliphatic hydroxyl groups is 6. The van der Waals surface area contributed by atoms with Crippen LogP contribution in [0.25, 0.3) is 0 Å². The summed E-state index contributed by atoms with van der Waals surface area (Å²) in [6.45, 7) is -0.851. The summed E-state index contributed by atoms with van der Waals surface area (Å²) >= 11 is 0. The van der Waals surface area contributed by atoms with Crippen molar-refractivity contribution < 1.29 is 35.4 Å². The Kier molecular flexibility index (Phi) is 4.77. The third kappa shape index (κ3) is 2.23. The molecule has 8 heteroatoms. The fourth-order valence-corrected chi connectivity index (χ4v) is 5.45. The summed E-state index contributed by atoms with van der Waals surface area (Å²) in [4.78, 5) is 11.8. The molecule has 0 aliphatic heterocycles. The molecule has 0 aromatic heterocycles. The van der Waals surface area contributed by atoms with Gasteiger partial charge in [0.1, 0.15) is 22.9 Å². The molecule has 4 rings (SSSR count). The Labute approximate surface area is 173 Å². The summed E-state index contributed by atoms with van der Waals surface area (Å²) in [5.74, 6) is -2.69. The van der Waals surface area contributed by atoms with E-state index in [9.17, 15) is 35.4 Å². The predicted molar refractivity (Wildman–Crippen MR) is 106 cm³/mol. The molecule has 30 heavy (non-hydrogen) atoms. The van der Waals surface area contributed by atoms with E-state index in [1.54, 1.807) is 30.3 Å². The Morgan fingerprint density at radius 2 is 1.63 bits per heavy atom. The van der Waals surface area contributed by atoms with Crippen LogP contribution in [0.2, 0.25) is 0 Å². The Morgan fingerprint density at radius 1 is 1.03 bits per heavy atom. The van der Waals surface area contributed by atoms with Gasteiger partial charge >= 0.3 is 0 Å². The second-order valence-electron chi connectivity index (χ2n) is 8.08. The van der Waals surface area contributed by atoms with Gasteiger partial charge in [-0.3, -0.25) is 4.79 Å². The van der Waals surface area contributed by atoms with Gasteiger partial charge in [0.15, 0.2) is 0 Å². The Bertz CT molecular complexity index is 952. The molecule has 0 saturated heterocycles. The van der Waals surface area contributed by atoms with Crippen LogP contribution in [0.15, 0.2) is 54.6 Å². The maximum Gasteiger partial charge on any atom is 0.251 e. The number of aliphatic hydroxyl groups excluding tert-OH is 3. The molecule has 8 nitrogen and oxygen atoms in total. The molecule has 2 fully saturated rings. The number of amides is 1. The average molecular weight is 415 g/mol. The van der Waals surface area contributed by atoms with Crippen molar-refractivity contribution in [2.75, 3.05) is 13.7 Å². The van der Waals surface area contributed by atoms with Gasteiger partial charge in [-0.2, -0.15) is 0 Å². The van der Waals surface area contributed by atoms with E-state index in [0.717, 1.165) is 0 Å². The molecule has 2 aliphatic rings. The van der Waals surface area contributed by atoms with Gasteiger partial charge in [-0.25, -0.2) is 0 Å². The third-order valence-electron chi connectivity index (χ3n) is 6.89. The second kappa shape index (κ2) is 6.84. The quantitative estimate of drug-likeness (QED) is 0.326. The molecule has 1 amide bonds. The fourth-order valence-electron chi connectivity index (χ4n) is 5.45. The summed E-state index contributed by atoms with van der Waals surface area (Å²) in [6, 6.07) is 14.3. The number of carbonyl (C=O) groups excluding carboxylic acids is 1. The van der Waals surface area contributed by atoms with E-state index in [-0.39, 0.29) is 5.91 Å². The van der Waals surface area contributed by atoms with Crippen LogP contribution in [0, 0.1) is 0 Å². The molecule has 0 heterocycles. The molecule has 7 atom stereocenters. The van der Waals surface area contributed by atoms with Gasteiger partial charge in [0.2, 0.25) is 0 Å². The van der Waals surface area contributed by atoms with Crippen LogP contribution in [0.5, 0.6) is 0 Å². The van der Waals surface area contributed by atoms with E-state index in [1.165, 1.54) is 31.3 Å². The molecular weight excluding hydrogens is 390 g/mol. The van der Waals surface area contributed by atoms with Gasteiger partial charge in [-0.05, 0) is 23.3 Å². The van der Waals surface area contributed by atoms with Gasteiger partial charge < -0.3 is 36.0 Å². The molecular formula is C22H25NO7. The van der Waals surface area contributed by atoms with E-state index in [0.29, 0.717) is 16.7 Å². The van der Waals surface area contributed by atoms with Gasteiger partial charge in [0.25, 0.3) is 5.91 Å². The maximum absolute atomic E-state index is 11.8. The van der Waals surface area contributed by atoms with Crippen LogP contribution in [0.4, 0.5) is 0 Å². The van der Waals surface area contributed by atoms with Crippen molar-refractivity contribution >= 4 is 5.91 Å². The number of carbonyl (C=O) groups is 1. The van der Waals surface area contributed by atoms with Gasteiger partial charge in [-0.1, -0.05) is 42.5 Å². The number of benzene rings is 2. The molecule has 0 spiro atoms. The first-order valence-electron chi connectivity index (χ1n) is 9.70. The SMILES string of the molecule is CNC(=O)c1ccc(C2C(O)[C@@]3(O)C(c4ccccc4)[C@@](O)([C@H](O)CO)[C@@]23O)cc1. The molecule has 7 N–H and O–H groups in total. The molecule has 0 radical (unpaired) electrons. The lowest BCUT2D eigenvalue weighted by Crippen LogP contribution is -2.99. The minimum atomic E-state index is -2.32. The summed E-state index contributed by atoms with van der Waals surface area (Å²) in [6.07, 6.45) is -3.22. The van der Waals surface area contributed by atoms with Crippen LogP contribution >= 0.6 is 0 Å². The van der Waals surface area contributed by atoms with Crippen LogP contribution in [0.1, 0.15) is 33.3 Å². The molecule has 2 aromatic rings. The largest absolute Gasteiger partial charge is 0.394 e. The zero-order valence-corrected chi connectivity index (χ0v) is 16.3. The average Bonchev–Trinajstić information content (AvgIpc) is 2.78. The van der Waals surface area contributed by atoms with Crippen molar-refractivity contribution in [2.45, 2.75) is 40.8 Å². The van der Waals surface area contributed by atoms with Crippen LogP contribution in [0.3, 0.4) is 0 Å². The van der Waals surface area contributed by atoms with Gasteiger partial charge in [0, 0.05) is 18.5 Å². The number of rotatable bonds is 5. The lowest BCUT2D eigenvalue weighted by atomic mass is 9.30. The summed E-state index contributed by atoms with van der Waals surface area (Å²) in [7, 11) is 1.49. The lowest BCUT2D eigenvalue weighted by Gasteiger charge is -2.80. The molecule has 2 saturated carbocycles. The van der Waals surface area contributed by atoms with Crippen molar-refractivity contribution in [3.8, 4) is 0 Å². The number of hydrogen-bond donors (Lipinski definition) is 7. The highest BCUT2D eigenvalue weighted by atomic mass is 16.5. The maximum atomic E-state index is 11.8. The topological polar surface area (TPSA) is 150 Å². The Balaban J connectivity index is 1.79. The minimum absolute atomic E-state index is 0.314. The standard InChI is InChI=1S/C22H25NO7/c1-23-19(27)14-9-7-12(8-10-14)16-18(26)21(29)17(13-5-3-2-4-6-13)20(28,15(25)11-24)22(16,21)30/h2-10,15-18,24-26,28-30H,11H2,1H3,(H,23,27)/t15-,16?,17?,18?,20+,21+,22+/m1/s1. The molecule has 160 valence electrons. The van der Waals surface area contributed by atoms with Gasteiger partial charge in [0.05, 0.1) is 18.6 Å². The van der Waals surface area contributed by atoms with Crippen molar-refractivity contribution in [3.63, 3.8) is 0 Å². The third-order valence-corrected chi connectivity index (χ3v) is 6.89. The number of hydrogen-bond acceptors (Lipinski definition) is 7. The zero-order valence-electron chi connectivity index (χ0n) is 16.3. The highest BCUT2D eigenvalue weighted by molar-refractivity contribution is 5.94. The fraction of sp³-hybridized carbons (Fsp3) is 0.409. The molecule has 0 bridgehead atoms. The summed E-state index contributed by atoms with van der Waals surface area (Å²) in [5.41, 5.74) is -5.63. The van der Waals surface area contributed by atoms with E-state index < -0.39 is 47.5 Å². The molecule has 2 aliphatic carbocycles. The van der Waals surface area contributed by atoms with E-state index in [4.69, 9.17) is 0 Å². The normalized spacial score (nSPS) is 38.0. The first-order valence-corrected chi connectivity index (χ1v) is 9.70. The first-order chi connectivity index (χ1) is 14.2. The minimum Gasteiger partial charge on any atom is -0.394 e. The van der Waals surface area contributed by atoms with Crippen molar-refractivity contribution in [3.05, 3.63) is 71.3 Å². The molecule has 3 unspecified atom stereocenters. The van der Waals surface area contributed by atoms with Crippen LogP contribution in [-0.2, 0) is 0 Å². The molecule has 2 aromatic carbocycles. The van der Waals surface area contributed by atoms with Crippen molar-refractivity contribution in [2.24, 2.45) is 0 Å². The Hall–Kier alpha value is -2.33. The smallest absolute Gasteiger partial charge is 0.251 e. The van der Waals surface area contributed by atoms with Crippen LogP contribution in [-0.4, -0.2) is 79.2 Å². The first kappa shape index (κ1) is 20.9. The van der Waals surface area contributed by atoms with E-state index >= 15 is 0 Å². The second-order valence-corrected chi connectivity index (χ2v) is 8.08. The summed E-state index contributed by atoms with van der Waals surface area (Å²) in [5, 5.41) is 67.6.